The highest BCUT2D eigenvalue weighted by atomic mass is 35.5. The van der Waals surface area contributed by atoms with E-state index in [2.05, 4.69) is 41.7 Å². The van der Waals surface area contributed by atoms with Gasteiger partial charge < -0.3 is 21.3 Å². The molecule has 0 saturated carbocycles. The average Bonchev–Trinajstić information content (AvgIpc) is 3.18. The molecule has 4 N–H and O–H groups in total. The molecule has 0 aliphatic heterocycles. The van der Waals surface area contributed by atoms with Gasteiger partial charge in [-0.1, -0.05) is 92.8 Å². The molecule has 0 radical (unpaired) electrons. The summed E-state index contributed by atoms with van der Waals surface area (Å²) in [5, 5.41) is 26.9. The van der Waals surface area contributed by atoms with Crippen molar-refractivity contribution in [3.8, 4) is 0 Å². The number of carbonyl (C=O) groups excluding carboxylic acids is 6. The number of hydrogen-bond donors (Lipinski definition) is 4. The maximum absolute atomic E-state index is 13.3. The molecule has 0 spiro atoms. The smallest absolute Gasteiger partial charge is 0.258 e. The largest absolute Gasteiger partial charge is 0.322 e. The van der Waals surface area contributed by atoms with E-state index in [0.717, 1.165) is 13.8 Å². The lowest BCUT2D eigenvalue weighted by molar-refractivity contribution is -0.127. The third-order valence-electron chi connectivity index (χ3n) is 8.06. The predicted octanol–water partition coefficient (Wildman–Crippen LogP) is 12.8. The van der Waals surface area contributed by atoms with Crippen LogP contribution in [-0.4, -0.2) is 47.3 Å². The number of carbonyl (C=O) groups is 6. The second-order valence-electron chi connectivity index (χ2n) is 12.8. The van der Waals surface area contributed by atoms with Gasteiger partial charge in [-0.25, -0.2) is 0 Å². The molecule has 2 atom stereocenters. The summed E-state index contributed by atoms with van der Waals surface area (Å²) in [5.41, 5.74) is 0.605. The van der Waals surface area contributed by atoms with Crippen molar-refractivity contribution in [3.05, 3.63) is 136 Å². The van der Waals surface area contributed by atoms with Gasteiger partial charge in [-0.2, -0.15) is 20.5 Å². The van der Waals surface area contributed by atoms with Gasteiger partial charge in [0.1, 0.15) is 0 Å². The minimum absolute atomic E-state index is 0.0363. The molecule has 0 saturated heterocycles. The fourth-order valence-electron chi connectivity index (χ4n) is 5.12. The molecule has 0 aromatic heterocycles. The summed E-state index contributed by atoms with van der Waals surface area (Å²) < 4.78 is 0. The highest BCUT2D eigenvalue weighted by Crippen LogP contribution is 2.34. The van der Waals surface area contributed by atoms with E-state index in [-0.39, 0.29) is 75.4 Å². The van der Waals surface area contributed by atoms with Gasteiger partial charge in [-0.15, -0.1) is 0 Å². The van der Waals surface area contributed by atoms with Crippen LogP contribution < -0.4 is 21.3 Å². The number of ketones is 2. The van der Waals surface area contributed by atoms with Gasteiger partial charge in [0.25, 0.3) is 23.6 Å². The van der Waals surface area contributed by atoms with Gasteiger partial charge in [0.2, 0.25) is 12.1 Å². The number of amides is 4. The van der Waals surface area contributed by atoms with E-state index >= 15 is 0 Å². The van der Waals surface area contributed by atoms with Gasteiger partial charge in [0, 0.05) is 31.2 Å². The number of nitrogens with zero attached hydrogens (tertiary/aromatic N) is 4. The van der Waals surface area contributed by atoms with Crippen LogP contribution in [-0.2, 0) is 19.2 Å². The summed E-state index contributed by atoms with van der Waals surface area (Å²) in [6, 6.07) is 16.0. The van der Waals surface area contributed by atoms with Crippen LogP contribution in [0, 0.1) is 0 Å². The Labute approximate surface area is 392 Å². The lowest BCUT2D eigenvalue weighted by Gasteiger charge is -2.15. The predicted molar refractivity (Wildman–Crippen MR) is 243 cm³/mol. The van der Waals surface area contributed by atoms with Crippen LogP contribution in [0.2, 0.25) is 40.2 Å². The molecule has 0 fully saturated rings. The van der Waals surface area contributed by atoms with Crippen LogP contribution in [0.4, 0.5) is 34.1 Å². The molecule has 5 rings (SSSR count). The Morgan fingerprint density at radius 1 is 0.419 bits per heavy atom. The molecule has 14 nitrogen and oxygen atoms in total. The van der Waals surface area contributed by atoms with Gasteiger partial charge >= 0.3 is 0 Å². The summed E-state index contributed by atoms with van der Waals surface area (Å²) in [5.74, 6) is -4.53. The maximum Gasteiger partial charge on any atom is 0.258 e. The summed E-state index contributed by atoms with van der Waals surface area (Å²) in [6.45, 7) is 2.21. The monoisotopic (exact) mass is 994 g/mol. The zero-order valence-corrected chi connectivity index (χ0v) is 37.5. The third-order valence-corrected chi connectivity index (χ3v) is 10.2. The Kier molecular flexibility index (Phi) is 16.4. The quantitative estimate of drug-likeness (QED) is 0.0630. The molecule has 318 valence electrons. The summed E-state index contributed by atoms with van der Waals surface area (Å²) in [7, 11) is 0. The fourth-order valence-corrected chi connectivity index (χ4v) is 6.91. The standard InChI is InChI=1S/C40H26Cl8N8O6/c1-17(57)35(55-53-25-9-19(7-23(43)11-25)37(59)49-31-5-3-21(41)13-27(31)45)39(61)51-33-15-30(48)34(16-29(33)47)52-40(62)36(18(2)58)56-54-26-10-20(8-24(44)12-26)38(60)50-32-6-4-22(42)14-28(32)46/h3-16,35-36H,1-2H3,(H,49,59)(H,50,60)(H,51,61)(H,52,62). The number of azo groups is 2. The van der Waals surface area contributed by atoms with E-state index in [1.165, 1.54) is 84.9 Å². The highest BCUT2D eigenvalue weighted by Gasteiger charge is 2.27. The lowest BCUT2D eigenvalue weighted by atomic mass is 10.1. The van der Waals surface area contributed by atoms with Gasteiger partial charge in [-0.05, 0) is 98.8 Å². The number of nitrogens with one attached hydrogen (secondary N) is 4. The molecule has 4 amide bonds. The molecule has 5 aromatic carbocycles. The fraction of sp³-hybridized carbons (Fsp3) is 0.100. The second kappa shape index (κ2) is 21.3. The Morgan fingerprint density at radius 2 is 0.774 bits per heavy atom. The van der Waals surface area contributed by atoms with Crippen molar-refractivity contribution in [2.45, 2.75) is 25.9 Å². The SMILES string of the molecule is CC(=O)C(N=Nc1cc(Cl)cc(C(=O)Nc2ccc(Cl)cc2Cl)c1)C(=O)Nc1cc(Cl)c(NC(=O)C(N=Nc2cc(Cl)cc(C(=O)Nc3ccc(Cl)cc3Cl)c2)C(C)=O)cc1Cl. The first kappa shape index (κ1) is 47.9. The Hall–Kier alpha value is -5.16. The first-order chi connectivity index (χ1) is 29.3. The lowest BCUT2D eigenvalue weighted by Crippen LogP contribution is -2.32. The van der Waals surface area contributed by atoms with E-state index in [1.807, 2.05) is 0 Å². The van der Waals surface area contributed by atoms with E-state index in [4.69, 9.17) is 92.8 Å². The van der Waals surface area contributed by atoms with E-state index in [9.17, 15) is 28.8 Å². The zero-order chi connectivity index (χ0) is 45.4. The molecular weight excluding hydrogens is 972 g/mol. The molecule has 62 heavy (non-hydrogen) atoms. The van der Waals surface area contributed by atoms with Crippen LogP contribution >= 0.6 is 92.8 Å². The number of benzene rings is 5. The summed E-state index contributed by atoms with van der Waals surface area (Å²) >= 11 is 49.5. The zero-order valence-electron chi connectivity index (χ0n) is 31.5. The van der Waals surface area contributed by atoms with Crippen LogP contribution in [0.15, 0.2) is 105 Å². The summed E-state index contributed by atoms with van der Waals surface area (Å²) in [6.07, 6.45) is 0. The molecule has 5 aromatic rings. The van der Waals surface area contributed by atoms with Crippen molar-refractivity contribution in [2.75, 3.05) is 21.3 Å². The minimum atomic E-state index is -1.69. The second-order valence-corrected chi connectivity index (χ2v) is 16.2. The Balaban J connectivity index is 1.26. The Bertz CT molecular complexity index is 2530. The van der Waals surface area contributed by atoms with Crippen LogP contribution in [0.1, 0.15) is 34.6 Å². The third kappa shape index (κ3) is 12.9. The van der Waals surface area contributed by atoms with Crippen molar-refractivity contribution < 1.29 is 28.8 Å². The van der Waals surface area contributed by atoms with Crippen molar-refractivity contribution in [2.24, 2.45) is 20.5 Å². The normalized spacial score (nSPS) is 12.2. The molecule has 0 aliphatic rings. The topological polar surface area (TPSA) is 200 Å². The highest BCUT2D eigenvalue weighted by molar-refractivity contribution is 6.39. The number of Topliss-reactive ketones (excluding diaryl/α,β-unsaturated/α-hetero) is 2. The van der Waals surface area contributed by atoms with Crippen molar-refractivity contribution in [1.29, 1.82) is 0 Å². The Morgan fingerprint density at radius 3 is 1.11 bits per heavy atom. The van der Waals surface area contributed by atoms with E-state index < -0.39 is 47.3 Å². The number of rotatable bonds is 14. The van der Waals surface area contributed by atoms with Gasteiger partial charge in [0.05, 0.1) is 54.2 Å². The van der Waals surface area contributed by atoms with Crippen LogP contribution in [0.25, 0.3) is 0 Å². The maximum atomic E-state index is 13.3. The van der Waals surface area contributed by atoms with Crippen molar-refractivity contribution >= 4 is 162 Å². The molecule has 2 unspecified atom stereocenters. The van der Waals surface area contributed by atoms with Crippen LogP contribution in [0.5, 0.6) is 0 Å². The average molecular weight is 998 g/mol. The molecule has 22 heteroatoms. The first-order valence-corrected chi connectivity index (χ1v) is 20.4. The van der Waals surface area contributed by atoms with E-state index in [1.54, 1.807) is 0 Å². The van der Waals surface area contributed by atoms with E-state index in [0.29, 0.717) is 10.0 Å². The first-order valence-electron chi connectivity index (χ1n) is 17.3. The van der Waals surface area contributed by atoms with Gasteiger partial charge in [-0.3, -0.25) is 28.8 Å². The number of anilines is 4. The van der Waals surface area contributed by atoms with Gasteiger partial charge in [0.15, 0.2) is 11.6 Å². The molecule has 0 heterocycles. The number of halogens is 8. The van der Waals surface area contributed by atoms with Crippen molar-refractivity contribution in [3.63, 3.8) is 0 Å². The minimum Gasteiger partial charge on any atom is -0.322 e. The van der Waals surface area contributed by atoms with Crippen LogP contribution in [0.3, 0.4) is 0 Å². The molecular formula is C40H26Cl8N8O6. The van der Waals surface area contributed by atoms with Crippen molar-refractivity contribution in [1.82, 2.24) is 0 Å². The molecule has 0 bridgehead atoms. The molecule has 0 aliphatic carbocycles. The number of hydrogen-bond acceptors (Lipinski definition) is 10. The summed E-state index contributed by atoms with van der Waals surface area (Å²) in [4.78, 5) is 77.5.